The van der Waals surface area contributed by atoms with Gasteiger partial charge in [-0.25, -0.2) is 9.98 Å². The number of aromatic nitrogens is 3. The minimum atomic E-state index is 0. The zero-order valence-electron chi connectivity index (χ0n) is 17.7. The molecule has 0 saturated carbocycles. The number of amides is 1. The molecule has 1 N–H and O–H groups in total. The molecule has 3 heterocycles. The van der Waals surface area contributed by atoms with Crippen LogP contribution >= 0.6 is 24.0 Å². The van der Waals surface area contributed by atoms with Crippen LogP contribution in [-0.4, -0.2) is 64.3 Å². The summed E-state index contributed by atoms with van der Waals surface area (Å²) in [5.41, 5.74) is 1.75. The number of pyridine rings is 1. The summed E-state index contributed by atoms with van der Waals surface area (Å²) in [6.07, 6.45) is 6.21. The van der Waals surface area contributed by atoms with Crippen molar-refractivity contribution in [3.8, 4) is 5.88 Å². The lowest BCUT2D eigenvalue weighted by Gasteiger charge is -2.35. The lowest BCUT2D eigenvalue weighted by atomic mass is 10.2. The van der Waals surface area contributed by atoms with Gasteiger partial charge in [0.15, 0.2) is 5.96 Å². The van der Waals surface area contributed by atoms with E-state index in [2.05, 4.69) is 22.3 Å². The van der Waals surface area contributed by atoms with Gasteiger partial charge in [0.1, 0.15) is 6.54 Å². The molecule has 3 rings (SSSR count). The average molecular weight is 527 g/mol. The molecular weight excluding hydrogens is 497 g/mol. The molecule has 0 unspecified atom stereocenters. The van der Waals surface area contributed by atoms with E-state index in [9.17, 15) is 4.79 Å². The summed E-state index contributed by atoms with van der Waals surface area (Å²) in [6, 6.07) is 3.85. The highest BCUT2D eigenvalue weighted by molar-refractivity contribution is 14.0. The van der Waals surface area contributed by atoms with Crippen molar-refractivity contribution < 1.29 is 9.53 Å². The number of carbonyl (C=O) groups excluding carboxylic acids is 1. The molecule has 2 aromatic heterocycles. The third-order valence-electron chi connectivity index (χ3n) is 4.55. The van der Waals surface area contributed by atoms with E-state index in [1.165, 1.54) is 0 Å². The standard InChI is InChI=1S/C20H29N7O2.HI/c1-4-11-29-19-16(7-6-8-22-19)12-23-20(21-5-2)26-9-10-27(18(28)15-26)17-13-24-25(3)14-17;/h6-8,13-14H,4-5,9-12,15H2,1-3H3,(H,21,23);1H. The number of hydrogen-bond donors (Lipinski definition) is 1. The highest BCUT2D eigenvalue weighted by atomic mass is 127. The first-order valence-electron chi connectivity index (χ1n) is 10.0. The zero-order chi connectivity index (χ0) is 20.6. The van der Waals surface area contributed by atoms with Crippen LogP contribution in [0.3, 0.4) is 0 Å². The number of carbonyl (C=O) groups is 1. The van der Waals surface area contributed by atoms with Crippen LogP contribution in [0, 0.1) is 0 Å². The van der Waals surface area contributed by atoms with Crippen molar-refractivity contribution in [1.82, 2.24) is 25.0 Å². The molecular formula is C20H30IN7O2. The maximum absolute atomic E-state index is 12.7. The van der Waals surface area contributed by atoms with E-state index in [0.29, 0.717) is 32.1 Å². The lowest BCUT2D eigenvalue weighted by Crippen LogP contribution is -2.55. The van der Waals surface area contributed by atoms with E-state index < -0.39 is 0 Å². The average Bonchev–Trinajstić information content (AvgIpc) is 3.16. The van der Waals surface area contributed by atoms with Gasteiger partial charge in [-0.3, -0.25) is 9.48 Å². The Balaban J connectivity index is 0.00000320. The molecule has 9 nitrogen and oxygen atoms in total. The predicted molar refractivity (Wildman–Crippen MR) is 127 cm³/mol. The van der Waals surface area contributed by atoms with Gasteiger partial charge in [0.05, 0.1) is 25.0 Å². The van der Waals surface area contributed by atoms with E-state index in [1.807, 2.05) is 37.2 Å². The Labute approximate surface area is 194 Å². The molecule has 0 aromatic carbocycles. The zero-order valence-corrected chi connectivity index (χ0v) is 20.1. The lowest BCUT2D eigenvalue weighted by molar-refractivity contribution is -0.120. The van der Waals surface area contributed by atoms with Gasteiger partial charge in [-0.1, -0.05) is 13.0 Å². The third-order valence-corrected chi connectivity index (χ3v) is 4.55. The molecule has 1 aliphatic rings. The number of anilines is 1. The number of ether oxygens (including phenoxy) is 1. The Morgan fingerprint density at radius 1 is 1.33 bits per heavy atom. The van der Waals surface area contributed by atoms with Crippen molar-refractivity contribution in [3.05, 3.63) is 36.3 Å². The van der Waals surface area contributed by atoms with Crippen molar-refractivity contribution in [2.75, 3.05) is 37.7 Å². The Morgan fingerprint density at radius 2 is 2.17 bits per heavy atom. The van der Waals surface area contributed by atoms with Crippen LogP contribution in [-0.2, 0) is 18.4 Å². The normalized spacial score (nSPS) is 14.5. The van der Waals surface area contributed by atoms with E-state index in [1.54, 1.807) is 22.0 Å². The Bertz CT molecular complexity index is 855. The SMILES string of the molecule is CCCOc1ncccc1CN=C(NCC)N1CCN(c2cnn(C)c2)C(=O)C1.I. The molecule has 30 heavy (non-hydrogen) atoms. The summed E-state index contributed by atoms with van der Waals surface area (Å²) in [5.74, 6) is 1.37. The van der Waals surface area contributed by atoms with Crippen LogP contribution in [0.25, 0.3) is 0 Å². The molecule has 1 aliphatic heterocycles. The van der Waals surface area contributed by atoms with Crippen LogP contribution < -0.4 is 15.0 Å². The molecule has 0 bridgehead atoms. The first-order valence-corrected chi connectivity index (χ1v) is 10.0. The number of aryl methyl sites for hydroxylation is 1. The van der Waals surface area contributed by atoms with Crippen LogP contribution in [0.2, 0.25) is 0 Å². The number of piperazine rings is 1. The number of rotatable bonds is 7. The third kappa shape index (κ3) is 6.07. The van der Waals surface area contributed by atoms with Gasteiger partial charge in [0.2, 0.25) is 11.8 Å². The fraction of sp³-hybridized carbons (Fsp3) is 0.500. The number of nitrogens with zero attached hydrogens (tertiary/aromatic N) is 6. The highest BCUT2D eigenvalue weighted by Crippen LogP contribution is 2.18. The van der Waals surface area contributed by atoms with Crippen molar-refractivity contribution in [2.45, 2.75) is 26.8 Å². The van der Waals surface area contributed by atoms with Crippen molar-refractivity contribution in [1.29, 1.82) is 0 Å². The summed E-state index contributed by atoms with van der Waals surface area (Å²) in [5, 5.41) is 7.45. The van der Waals surface area contributed by atoms with Crippen molar-refractivity contribution in [2.24, 2.45) is 12.0 Å². The molecule has 0 spiro atoms. The molecule has 1 amide bonds. The second-order valence-electron chi connectivity index (χ2n) is 6.83. The van der Waals surface area contributed by atoms with Gasteiger partial charge in [-0.15, -0.1) is 24.0 Å². The van der Waals surface area contributed by atoms with Crippen LogP contribution in [0.15, 0.2) is 35.7 Å². The first-order chi connectivity index (χ1) is 14.1. The van der Waals surface area contributed by atoms with Crippen LogP contribution in [0.4, 0.5) is 5.69 Å². The summed E-state index contributed by atoms with van der Waals surface area (Å²) in [6.45, 7) is 7.42. The first kappa shape index (κ1) is 23.9. The number of halogens is 1. The Hall–Kier alpha value is -2.37. The van der Waals surface area contributed by atoms with Crippen LogP contribution in [0.5, 0.6) is 5.88 Å². The fourth-order valence-electron chi connectivity index (χ4n) is 3.13. The molecule has 10 heteroatoms. The highest BCUT2D eigenvalue weighted by Gasteiger charge is 2.27. The molecule has 0 atom stereocenters. The van der Waals surface area contributed by atoms with Gasteiger partial charge < -0.3 is 19.9 Å². The maximum atomic E-state index is 12.7. The number of guanidine groups is 1. The van der Waals surface area contributed by atoms with Gasteiger partial charge >= 0.3 is 0 Å². The fourth-order valence-corrected chi connectivity index (χ4v) is 3.13. The predicted octanol–water partition coefficient (Wildman–Crippen LogP) is 2.04. The van der Waals surface area contributed by atoms with Gasteiger partial charge in [-0.2, -0.15) is 5.10 Å². The Kier molecular flexibility index (Phi) is 9.34. The largest absolute Gasteiger partial charge is 0.477 e. The summed E-state index contributed by atoms with van der Waals surface area (Å²) in [7, 11) is 1.84. The topological polar surface area (TPSA) is 87.9 Å². The molecule has 1 fully saturated rings. The number of aliphatic imine (C=N–C) groups is 1. The van der Waals surface area contributed by atoms with Crippen molar-refractivity contribution in [3.63, 3.8) is 0 Å². The van der Waals surface area contributed by atoms with E-state index in [4.69, 9.17) is 9.73 Å². The number of nitrogens with one attached hydrogen (secondary N) is 1. The quantitative estimate of drug-likeness (QED) is 0.337. The molecule has 2 aromatic rings. The van der Waals surface area contributed by atoms with E-state index in [0.717, 1.165) is 30.2 Å². The summed E-state index contributed by atoms with van der Waals surface area (Å²) < 4.78 is 7.42. The second kappa shape index (κ2) is 11.7. The van der Waals surface area contributed by atoms with E-state index in [-0.39, 0.29) is 36.4 Å². The summed E-state index contributed by atoms with van der Waals surface area (Å²) in [4.78, 5) is 25.5. The number of hydrogen-bond acceptors (Lipinski definition) is 5. The second-order valence-corrected chi connectivity index (χ2v) is 6.83. The van der Waals surface area contributed by atoms with Crippen LogP contribution in [0.1, 0.15) is 25.8 Å². The van der Waals surface area contributed by atoms with Gasteiger partial charge in [0, 0.05) is 44.6 Å². The molecule has 0 radical (unpaired) electrons. The molecule has 164 valence electrons. The maximum Gasteiger partial charge on any atom is 0.246 e. The Morgan fingerprint density at radius 3 is 2.83 bits per heavy atom. The molecule has 0 aliphatic carbocycles. The smallest absolute Gasteiger partial charge is 0.246 e. The van der Waals surface area contributed by atoms with Crippen molar-refractivity contribution >= 4 is 41.5 Å². The van der Waals surface area contributed by atoms with Gasteiger partial charge in [0.25, 0.3) is 0 Å². The molecule has 1 saturated heterocycles. The van der Waals surface area contributed by atoms with E-state index >= 15 is 0 Å². The minimum Gasteiger partial charge on any atom is -0.477 e. The van der Waals surface area contributed by atoms with Gasteiger partial charge in [-0.05, 0) is 19.4 Å². The summed E-state index contributed by atoms with van der Waals surface area (Å²) >= 11 is 0. The minimum absolute atomic E-state index is 0. The monoisotopic (exact) mass is 527 g/mol.